The molecule has 1 unspecified atom stereocenters. The van der Waals surface area contributed by atoms with Crippen LogP contribution >= 0.6 is 12.4 Å². The number of benzene rings is 1. The van der Waals surface area contributed by atoms with Crippen molar-refractivity contribution in [1.29, 1.82) is 0 Å². The molecule has 1 aliphatic heterocycles. The molecule has 1 saturated heterocycles. The number of ether oxygens (including phenoxy) is 1. The van der Waals surface area contributed by atoms with Crippen LogP contribution in [0, 0.1) is 5.92 Å². The lowest BCUT2D eigenvalue weighted by Crippen LogP contribution is -2.43. The van der Waals surface area contributed by atoms with Crippen molar-refractivity contribution in [2.24, 2.45) is 5.92 Å². The Morgan fingerprint density at radius 2 is 2.12 bits per heavy atom. The Morgan fingerprint density at radius 3 is 2.80 bits per heavy atom. The first-order chi connectivity index (χ1) is 11.7. The van der Waals surface area contributed by atoms with Crippen molar-refractivity contribution in [3.63, 3.8) is 0 Å². The zero-order chi connectivity index (χ0) is 16.8. The zero-order valence-electron chi connectivity index (χ0n) is 15.2. The van der Waals surface area contributed by atoms with Crippen LogP contribution in [-0.2, 0) is 10.2 Å². The molecule has 4 nitrogen and oxygen atoms in total. The van der Waals surface area contributed by atoms with Crippen LogP contribution in [0.25, 0.3) is 0 Å². The summed E-state index contributed by atoms with van der Waals surface area (Å²) in [5.74, 6) is 1.74. The molecule has 1 saturated carbocycles. The van der Waals surface area contributed by atoms with Gasteiger partial charge in [0.15, 0.2) is 0 Å². The molecule has 0 bridgehead atoms. The van der Waals surface area contributed by atoms with Crippen LogP contribution in [0.2, 0.25) is 0 Å². The summed E-state index contributed by atoms with van der Waals surface area (Å²) in [5.41, 5.74) is 0.746. The molecule has 1 aliphatic carbocycles. The van der Waals surface area contributed by atoms with Gasteiger partial charge in [-0.3, -0.25) is 4.79 Å². The van der Waals surface area contributed by atoms with E-state index in [2.05, 4.69) is 16.7 Å². The van der Waals surface area contributed by atoms with Gasteiger partial charge in [-0.15, -0.1) is 12.4 Å². The maximum atomic E-state index is 13.0. The Labute approximate surface area is 157 Å². The highest BCUT2D eigenvalue weighted by Crippen LogP contribution is 2.42. The van der Waals surface area contributed by atoms with E-state index < -0.39 is 0 Å². The van der Waals surface area contributed by atoms with Gasteiger partial charge in [0.2, 0.25) is 5.91 Å². The maximum Gasteiger partial charge on any atom is 0.230 e. The second-order valence-electron chi connectivity index (χ2n) is 7.28. The number of hydrogen-bond acceptors (Lipinski definition) is 3. The van der Waals surface area contributed by atoms with Crippen molar-refractivity contribution in [1.82, 2.24) is 10.6 Å². The average Bonchev–Trinajstić information content (AvgIpc) is 3.14. The number of nitrogens with one attached hydrogen (secondary N) is 2. The topological polar surface area (TPSA) is 50.4 Å². The van der Waals surface area contributed by atoms with E-state index in [-0.39, 0.29) is 23.7 Å². The second-order valence-corrected chi connectivity index (χ2v) is 7.28. The highest BCUT2D eigenvalue weighted by molar-refractivity contribution is 5.88. The van der Waals surface area contributed by atoms with Crippen LogP contribution in [0.15, 0.2) is 24.3 Å². The van der Waals surface area contributed by atoms with Gasteiger partial charge in [0.1, 0.15) is 5.75 Å². The number of amides is 1. The minimum atomic E-state index is -0.362. The number of carbonyl (C=O) groups excluding carboxylic acids is 1. The predicted octanol–water partition coefficient (Wildman–Crippen LogP) is 3.43. The third-order valence-corrected chi connectivity index (χ3v) is 5.75. The summed E-state index contributed by atoms with van der Waals surface area (Å²) in [6.45, 7) is 3.02. The smallest absolute Gasteiger partial charge is 0.230 e. The number of piperidine rings is 1. The molecule has 1 atom stereocenters. The zero-order valence-corrected chi connectivity index (χ0v) is 16.0. The number of carbonyl (C=O) groups is 1. The lowest BCUT2D eigenvalue weighted by atomic mass is 9.78. The summed E-state index contributed by atoms with van der Waals surface area (Å²) in [6, 6.07) is 8.06. The number of methoxy groups -OCH3 is 1. The molecule has 2 N–H and O–H groups in total. The summed E-state index contributed by atoms with van der Waals surface area (Å²) in [4.78, 5) is 13.0. The molecule has 1 amide bonds. The highest BCUT2D eigenvalue weighted by Gasteiger charge is 2.42. The molecule has 0 aromatic heterocycles. The molecule has 2 fully saturated rings. The largest absolute Gasteiger partial charge is 0.497 e. The molecular formula is C20H31ClN2O2. The van der Waals surface area contributed by atoms with Gasteiger partial charge in [-0.05, 0) is 68.8 Å². The van der Waals surface area contributed by atoms with E-state index >= 15 is 0 Å². The van der Waals surface area contributed by atoms with Gasteiger partial charge in [-0.1, -0.05) is 25.0 Å². The summed E-state index contributed by atoms with van der Waals surface area (Å²) in [6.07, 6.45) is 7.74. The Kier molecular flexibility index (Phi) is 7.57. The van der Waals surface area contributed by atoms with E-state index in [9.17, 15) is 4.79 Å². The minimum Gasteiger partial charge on any atom is -0.497 e. The minimum absolute atomic E-state index is 0. The molecule has 1 aromatic carbocycles. The molecule has 0 spiro atoms. The third kappa shape index (κ3) is 4.68. The molecule has 3 rings (SSSR count). The van der Waals surface area contributed by atoms with E-state index in [4.69, 9.17) is 4.74 Å². The van der Waals surface area contributed by atoms with Crippen molar-refractivity contribution in [3.8, 4) is 5.75 Å². The molecular weight excluding hydrogens is 336 g/mol. The van der Waals surface area contributed by atoms with Gasteiger partial charge in [0.05, 0.1) is 12.5 Å². The van der Waals surface area contributed by atoms with Crippen molar-refractivity contribution in [3.05, 3.63) is 29.8 Å². The van der Waals surface area contributed by atoms with E-state index in [1.165, 1.54) is 12.8 Å². The van der Waals surface area contributed by atoms with E-state index in [1.807, 2.05) is 18.2 Å². The lowest BCUT2D eigenvalue weighted by Gasteiger charge is -2.29. The standard InChI is InChI=1S/C20H30N2O2.ClH/c1-24-18-8-4-7-17(14-18)20(10-2-3-11-20)19(23)22-13-9-16-6-5-12-21-15-16;/h4,7-8,14,16,21H,2-3,5-6,9-13,15H2,1H3,(H,22,23);1H. The Bertz CT molecular complexity index is 552. The Hall–Kier alpha value is -1.26. The van der Waals surface area contributed by atoms with Gasteiger partial charge in [0, 0.05) is 6.54 Å². The van der Waals surface area contributed by atoms with Crippen LogP contribution in [0.1, 0.15) is 50.5 Å². The monoisotopic (exact) mass is 366 g/mol. The van der Waals surface area contributed by atoms with Crippen LogP contribution in [0.5, 0.6) is 5.75 Å². The van der Waals surface area contributed by atoms with Crippen LogP contribution < -0.4 is 15.4 Å². The van der Waals surface area contributed by atoms with Crippen LogP contribution in [0.4, 0.5) is 0 Å². The fourth-order valence-electron chi connectivity index (χ4n) is 4.28. The highest BCUT2D eigenvalue weighted by atomic mass is 35.5. The number of hydrogen-bond donors (Lipinski definition) is 2. The summed E-state index contributed by atoms with van der Waals surface area (Å²) < 4.78 is 5.36. The predicted molar refractivity (Wildman–Crippen MR) is 104 cm³/mol. The van der Waals surface area contributed by atoms with Crippen molar-refractivity contribution < 1.29 is 9.53 Å². The molecule has 140 valence electrons. The number of rotatable bonds is 6. The molecule has 1 heterocycles. The fraction of sp³-hybridized carbons (Fsp3) is 0.650. The Morgan fingerprint density at radius 1 is 1.32 bits per heavy atom. The van der Waals surface area contributed by atoms with Gasteiger partial charge in [-0.25, -0.2) is 0 Å². The van der Waals surface area contributed by atoms with Gasteiger partial charge in [0.25, 0.3) is 0 Å². The second kappa shape index (κ2) is 9.44. The lowest BCUT2D eigenvalue weighted by molar-refractivity contribution is -0.126. The summed E-state index contributed by atoms with van der Waals surface area (Å²) in [7, 11) is 1.68. The maximum absolute atomic E-state index is 13.0. The normalized spacial score (nSPS) is 22.0. The van der Waals surface area contributed by atoms with Crippen LogP contribution in [-0.4, -0.2) is 32.7 Å². The first kappa shape index (κ1) is 20.1. The molecule has 25 heavy (non-hydrogen) atoms. The van der Waals surface area contributed by atoms with Gasteiger partial charge in [-0.2, -0.15) is 0 Å². The molecule has 5 heteroatoms. The fourth-order valence-corrected chi connectivity index (χ4v) is 4.28. The van der Waals surface area contributed by atoms with Crippen molar-refractivity contribution in [2.45, 2.75) is 50.4 Å². The Balaban J connectivity index is 0.00000225. The first-order valence-corrected chi connectivity index (χ1v) is 9.38. The van der Waals surface area contributed by atoms with Crippen LogP contribution in [0.3, 0.4) is 0 Å². The molecule has 0 radical (unpaired) electrons. The summed E-state index contributed by atoms with van der Waals surface area (Å²) in [5, 5.41) is 6.69. The van der Waals surface area contributed by atoms with Crippen molar-refractivity contribution >= 4 is 18.3 Å². The van der Waals surface area contributed by atoms with E-state index in [0.29, 0.717) is 5.92 Å². The van der Waals surface area contributed by atoms with E-state index in [1.54, 1.807) is 7.11 Å². The van der Waals surface area contributed by atoms with E-state index in [0.717, 1.165) is 63.1 Å². The summed E-state index contributed by atoms with van der Waals surface area (Å²) >= 11 is 0. The number of halogens is 1. The molecule has 2 aliphatic rings. The average molecular weight is 367 g/mol. The first-order valence-electron chi connectivity index (χ1n) is 9.38. The van der Waals surface area contributed by atoms with Gasteiger partial charge < -0.3 is 15.4 Å². The SMILES string of the molecule is COc1cccc(C2(C(=O)NCCC3CCCNC3)CCCC2)c1.Cl. The molecule has 1 aromatic rings. The van der Waals surface area contributed by atoms with Gasteiger partial charge >= 0.3 is 0 Å². The quantitative estimate of drug-likeness (QED) is 0.810. The third-order valence-electron chi connectivity index (χ3n) is 5.75. The van der Waals surface area contributed by atoms with Crippen molar-refractivity contribution in [2.75, 3.05) is 26.7 Å².